The van der Waals surface area contributed by atoms with Gasteiger partial charge in [0.2, 0.25) is 0 Å². The van der Waals surface area contributed by atoms with Crippen molar-refractivity contribution in [2.24, 2.45) is 0 Å². The minimum atomic E-state index is -0.324. The Hall–Kier alpha value is -4.59. The van der Waals surface area contributed by atoms with Gasteiger partial charge in [0, 0.05) is 12.2 Å². The largest absolute Gasteiger partial charge is 0.497 e. The van der Waals surface area contributed by atoms with Gasteiger partial charge in [0.05, 0.1) is 25.3 Å². The molecule has 0 radical (unpaired) electrons. The maximum Gasteiger partial charge on any atom is 0.257 e. The van der Waals surface area contributed by atoms with Gasteiger partial charge < -0.3 is 20.5 Å². The van der Waals surface area contributed by atoms with E-state index in [0.29, 0.717) is 34.5 Å². The first-order chi connectivity index (χ1) is 16.6. The number of nitrogens with zero attached hydrogens (tertiary/aromatic N) is 3. The number of ether oxygens (including phenoxy) is 2. The fourth-order valence-electron chi connectivity index (χ4n) is 3.89. The molecule has 0 fully saturated rings. The Kier molecular flexibility index (Phi) is 5.47. The molecule has 0 atom stereocenters. The Labute approximate surface area is 196 Å². The number of methoxy groups -OCH3 is 2. The Morgan fingerprint density at radius 1 is 0.882 bits per heavy atom. The van der Waals surface area contributed by atoms with E-state index in [9.17, 15) is 4.79 Å². The second kappa shape index (κ2) is 8.74. The first-order valence-electron chi connectivity index (χ1n) is 10.7. The minimum Gasteiger partial charge on any atom is -0.497 e. The molecule has 0 aliphatic rings. The molecular weight excluding hydrogens is 430 g/mol. The summed E-state index contributed by atoms with van der Waals surface area (Å²) >= 11 is 0. The number of anilines is 1. The summed E-state index contributed by atoms with van der Waals surface area (Å²) in [6.07, 6.45) is 0. The average molecular weight is 454 g/mol. The Morgan fingerprint density at radius 2 is 1.47 bits per heavy atom. The van der Waals surface area contributed by atoms with Crippen LogP contribution in [0.4, 0.5) is 5.82 Å². The quantitative estimate of drug-likeness (QED) is 0.401. The van der Waals surface area contributed by atoms with Gasteiger partial charge in [0.25, 0.3) is 5.91 Å². The smallest absolute Gasteiger partial charge is 0.257 e. The zero-order valence-electron chi connectivity index (χ0n) is 18.8. The lowest BCUT2D eigenvalue weighted by Crippen LogP contribution is -2.24. The van der Waals surface area contributed by atoms with E-state index >= 15 is 0 Å². The number of rotatable bonds is 6. The second-order valence-corrected chi connectivity index (χ2v) is 7.71. The van der Waals surface area contributed by atoms with Crippen molar-refractivity contribution in [3.63, 3.8) is 0 Å². The van der Waals surface area contributed by atoms with Crippen molar-refractivity contribution in [2.75, 3.05) is 20.0 Å². The average Bonchev–Trinajstić information content (AvgIpc) is 3.16. The van der Waals surface area contributed by atoms with Gasteiger partial charge in [-0.05, 0) is 54.1 Å². The Balaban J connectivity index is 1.60. The number of aromatic nitrogens is 3. The molecule has 34 heavy (non-hydrogen) atoms. The predicted octanol–water partition coefficient (Wildman–Crippen LogP) is 4.10. The first kappa shape index (κ1) is 21.3. The molecule has 0 saturated heterocycles. The normalized spacial score (nSPS) is 11.0. The SMILES string of the molecule is COc1ccc(CNC(=O)c2c(N)n(-c3ccc(OC)cc3)c3nc4ccccc4nc23)cc1. The molecule has 3 aromatic carbocycles. The van der Waals surface area contributed by atoms with E-state index in [1.807, 2.05) is 72.8 Å². The highest BCUT2D eigenvalue weighted by molar-refractivity contribution is 6.11. The third kappa shape index (κ3) is 3.75. The van der Waals surface area contributed by atoms with Crippen molar-refractivity contribution in [3.05, 3.63) is 83.9 Å². The summed E-state index contributed by atoms with van der Waals surface area (Å²) in [7, 11) is 3.22. The summed E-state index contributed by atoms with van der Waals surface area (Å²) in [5.41, 5.74) is 10.9. The van der Waals surface area contributed by atoms with Crippen LogP contribution in [-0.2, 0) is 6.54 Å². The molecule has 0 aliphatic heterocycles. The first-order valence-corrected chi connectivity index (χ1v) is 10.7. The zero-order chi connectivity index (χ0) is 23.7. The number of nitrogens with two attached hydrogens (primary N) is 1. The number of carbonyl (C=O) groups excluding carboxylic acids is 1. The van der Waals surface area contributed by atoms with Crippen LogP contribution in [0.2, 0.25) is 0 Å². The fraction of sp³-hybridized carbons (Fsp3) is 0.115. The lowest BCUT2D eigenvalue weighted by molar-refractivity contribution is 0.0953. The van der Waals surface area contributed by atoms with E-state index in [1.165, 1.54) is 0 Å². The van der Waals surface area contributed by atoms with Crippen molar-refractivity contribution >= 4 is 33.9 Å². The molecular formula is C26H23N5O3. The number of carbonyl (C=O) groups is 1. The van der Waals surface area contributed by atoms with Crippen molar-refractivity contribution in [2.45, 2.75) is 6.54 Å². The molecule has 0 bridgehead atoms. The van der Waals surface area contributed by atoms with Crippen LogP contribution in [0.25, 0.3) is 27.9 Å². The number of hydrogen-bond donors (Lipinski definition) is 2. The lowest BCUT2D eigenvalue weighted by atomic mass is 10.2. The van der Waals surface area contributed by atoms with Crippen LogP contribution < -0.4 is 20.5 Å². The van der Waals surface area contributed by atoms with Crippen LogP contribution in [-0.4, -0.2) is 34.7 Å². The number of hydrogen-bond acceptors (Lipinski definition) is 6. The van der Waals surface area contributed by atoms with Gasteiger partial charge in [-0.25, -0.2) is 9.97 Å². The maximum absolute atomic E-state index is 13.3. The zero-order valence-corrected chi connectivity index (χ0v) is 18.8. The molecule has 2 heterocycles. The predicted molar refractivity (Wildman–Crippen MR) is 131 cm³/mol. The number of amides is 1. The van der Waals surface area contributed by atoms with E-state index < -0.39 is 0 Å². The lowest BCUT2D eigenvalue weighted by Gasteiger charge is -2.09. The fourth-order valence-corrected chi connectivity index (χ4v) is 3.89. The van der Waals surface area contributed by atoms with E-state index in [0.717, 1.165) is 17.0 Å². The van der Waals surface area contributed by atoms with Crippen molar-refractivity contribution < 1.29 is 14.3 Å². The topological polar surface area (TPSA) is 104 Å². The van der Waals surface area contributed by atoms with Crippen LogP contribution in [0.5, 0.6) is 11.5 Å². The molecule has 0 spiro atoms. The monoisotopic (exact) mass is 453 g/mol. The van der Waals surface area contributed by atoms with Crippen LogP contribution in [0.1, 0.15) is 15.9 Å². The van der Waals surface area contributed by atoms with Gasteiger partial charge in [-0.2, -0.15) is 0 Å². The summed E-state index contributed by atoms with van der Waals surface area (Å²) in [6.45, 7) is 0.332. The highest BCUT2D eigenvalue weighted by Gasteiger charge is 2.24. The van der Waals surface area contributed by atoms with Gasteiger partial charge in [0.1, 0.15) is 28.4 Å². The van der Waals surface area contributed by atoms with Gasteiger partial charge in [0.15, 0.2) is 5.65 Å². The van der Waals surface area contributed by atoms with Crippen molar-refractivity contribution in [1.82, 2.24) is 19.9 Å². The number of nitrogens with one attached hydrogen (secondary N) is 1. The molecule has 8 heteroatoms. The summed E-state index contributed by atoms with van der Waals surface area (Å²) in [4.78, 5) is 22.9. The third-order valence-corrected chi connectivity index (χ3v) is 5.67. The van der Waals surface area contributed by atoms with Gasteiger partial charge in [-0.1, -0.05) is 24.3 Å². The summed E-state index contributed by atoms with van der Waals surface area (Å²) in [5.74, 6) is 1.41. The summed E-state index contributed by atoms with van der Waals surface area (Å²) in [6, 6.07) is 22.4. The van der Waals surface area contributed by atoms with E-state index in [1.54, 1.807) is 18.8 Å². The molecule has 5 aromatic rings. The highest BCUT2D eigenvalue weighted by Crippen LogP contribution is 2.31. The van der Waals surface area contributed by atoms with E-state index in [2.05, 4.69) is 5.32 Å². The molecule has 3 N–H and O–H groups in total. The summed E-state index contributed by atoms with van der Waals surface area (Å²) < 4.78 is 12.2. The van der Waals surface area contributed by atoms with Crippen LogP contribution in [0, 0.1) is 0 Å². The van der Waals surface area contributed by atoms with Gasteiger partial charge >= 0.3 is 0 Å². The summed E-state index contributed by atoms with van der Waals surface area (Å²) in [5, 5.41) is 2.96. The third-order valence-electron chi connectivity index (χ3n) is 5.67. The second-order valence-electron chi connectivity index (χ2n) is 7.71. The minimum absolute atomic E-state index is 0.266. The molecule has 1 amide bonds. The number of fused-ring (bicyclic) bond motifs is 2. The molecule has 8 nitrogen and oxygen atoms in total. The highest BCUT2D eigenvalue weighted by atomic mass is 16.5. The van der Waals surface area contributed by atoms with Crippen molar-refractivity contribution in [3.8, 4) is 17.2 Å². The standard InChI is InChI=1S/C26H23N5O3/c1-33-18-11-7-16(8-12-18)15-28-26(32)22-23-25(30-21-6-4-3-5-20(21)29-23)31(24(22)27)17-9-13-19(34-2)14-10-17/h3-14H,15,27H2,1-2H3,(H,28,32). The molecule has 0 unspecified atom stereocenters. The van der Waals surface area contributed by atoms with Crippen LogP contribution in [0.15, 0.2) is 72.8 Å². The molecule has 2 aromatic heterocycles. The van der Waals surface area contributed by atoms with Crippen LogP contribution in [0.3, 0.4) is 0 Å². The van der Waals surface area contributed by atoms with E-state index in [-0.39, 0.29) is 17.3 Å². The number of nitrogen functional groups attached to an aromatic ring is 1. The molecule has 5 rings (SSSR count). The Morgan fingerprint density at radius 3 is 2.09 bits per heavy atom. The van der Waals surface area contributed by atoms with Crippen LogP contribution >= 0.6 is 0 Å². The van der Waals surface area contributed by atoms with Crippen molar-refractivity contribution in [1.29, 1.82) is 0 Å². The van der Waals surface area contributed by atoms with E-state index in [4.69, 9.17) is 25.2 Å². The van der Waals surface area contributed by atoms with Gasteiger partial charge in [-0.15, -0.1) is 0 Å². The molecule has 0 aliphatic carbocycles. The maximum atomic E-state index is 13.3. The Bertz CT molecular complexity index is 1490. The molecule has 0 saturated carbocycles. The number of benzene rings is 3. The number of para-hydroxylation sites is 2. The molecule has 170 valence electrons. The van der Waals surface area contributed by atoms with Gasteiger partial charge in [-0.3, -0.25) is 9.36 Å².